The predicted molar refractivity (Wildman–Crippen MR) is 93.5 cm³/mol. The highest BCUT2D eigenvalue weighted by Crippen LogP contribution is 2.23. The van der Waals surface area contributed by atoms with E-state index in [4.69, 9.17) is 0 Å². The van der Waals surface area contributed by atoms with Crippen molar-refractivity contribution in [1.82, 2.24) is 9.88 Å². The largest absolute Gasteiger partial charge is 0.308 e. The van der Waals surface area contributed by atoms with Gasteiger partial charge in [-0.15, -0.1) is 0 Å². The topological polar surface area (TPSA) is 34.0 Å². The summed E-state index contributed by atoms with van der Waals surface area (Å²) in [6.45, 7) is 2.21. The van der Waals surface area contributed by atoms with Gasteiger partial charge in [0.2, 0.25) is 0 Å². The molecule has 0 aliphatic carbocycles. The predicted octanol–water partition coefficient (Wildman–Crippen LogP) is 3.24. The van der Waals surface area contributed by atoms with Gasteiger partial charge in [-0.2, -0.15) is 0 Å². The molecule has 1 aliphatic heterocycles. The SMILES string of the molecule is O=c1c(CNCc2ccccc2)cc2cccc3c2n1CCC3. The molecule has 4 rings (SSSR count). The van der Waals surface area contributed by atoms with Crippen LogP contribution in [0, 0.1) is 0 Å². The molecule has 2 heterocycles. The van der Waals surface area contributed by atoms with Gasteiger partial charge < -0.3 is 9.88 Å². The highest BCUT2D eigenvalue weighted by molar-refractivity contribution is 5.83. The van der Waals surface area contributed by atoms with Crippen LogP contribution >= 0.6 is 0 Å². The number of para-hydroxylation sites is 1. The van der Waals surface area contributed by atoms with Crippen molar-refractivity contribution in [2.24, 2.45) is 0 Å². The molecule has 0 saturated carbocycles. The van der Waals surface area contributed by atoms with Crippen LogP contribution in [0.3, 0.4) is 0 Å². The smallest absolute Gasteiger partial charge is 0.255 e. The van der Waals surface area contributed by atoms with Gasteiger partial charge in [0, 0.05) is 25.2 Å². The first kappa shape index (κ1) is 14.2. The third-order valence-electron chi connectivity index (χ3n) is 4.59. The van der Waals surface area contributed by atoms with E-state index in [2.05, 4.69) is 41.7 Å². The van der Waals surface area contributed by atoms with Gasteiger partial charge in [0.15, 0.2) is 0 Å². The summed E-state index contributed by atoms with van der Waals surface area (Å²) in [5.41, 5.74) is 4.68. The second-order valence-electron chi connectivity index (χ2n) is 6.17. The van der Waals surface area contributed by atoms with Crippen LogP contribution in [0.25, 0.3) is 10.9 Å². The van der Waals surface area contributed by atoms with Gasteiger partial charge in [-0.05, 0) is 35.4 Å². The van der Waals surface area contributed by atoms with Gasteiger partial charge in [0.05, 0.1) is 5.52 Å². The van der Waals surface area contributed by atoms with E-state index in [9.17, 15) is 4.79 Å². The number of benzene rings is 2. The molecule has 2 aromatic carbocycles. The Kier molecular flexibility index (Phi) is 3.72. The highest BCUT2D eigenvalue weighted by atomic mass is 16.1. The molecule has 3 heteroatoms. The third-order valence-corrected chi connectivity index (χ3v) is 4.59. The number of hydrogen-bond acceptors (Lipinski definition) is 2. The fourth-order valence-electron chi connectivity index (χ4n) is 3.49. The Morgan fingerprint density at radius 3 is 2.74 bits per heavy atom. The fourth-order valence-corrected chi connectivity index (χ4v) is 3.49. The number of hydrogen-bond donors (Lipinski definition) is 1. The van der Waals surface area contributed by atoms with Crippen molar-refractivity contribution >= 4 is 10.9 Å². The average molecular weight is 304 g/mol. The van der Waals surface area contributed by atoms with Crippen molar-refractivity contribution in [3.63, 3.8) is 0 Å². The van der Waals surface area contributed by atoms with Crippen LogP contribution in [0.4, 0.5) is 0 Å². The van der Waals surface area contributed by atoms with Crippen molar-refractivity contribution in [1.29, 1.82) is 0 Å². The standard InChI is InChI=1S/C20H20N2O/c23-20-18(14-21-13-15-6-2-1-3-7-15)12-17-9-4-8-16-10-5-11-22(20)19(16)17/h1-4,6-9,12,21H,5,10-11,13-14H2. The zero-order valence-corrected chi connectivity index (χ0v) is 13.1. The van der Waals surface area contributed by atoms with Crippen LogP contribution in [0.1, 0.15) is 23.1 Å². The van der Waals surface area contributed by atoms with Gasteiger partial charge >= 0.3 is 0 Å². The van der Waals surface area contributed by atoms with Gasteiger partial charge in [0.1, 0.15) is 0 Å². The molecule has 3 aromatic rings. The number of pyridine rings is 1. The molecule has 0 amide bonds. The summed E-state index contributed by atoms with van der Waals surface area (Å²) in [5.74, 6) is 0. The Bertz CT molecular complexity index is 897. The second-order valence-corrected chi connectivity index (χ2v) is 6.17. The lowest BCUT2D eigenvalue weighted by atomic mass is 10.00. The van der Waals surface area contributed by atoms with Crippen LogP contribution in [0.2, 0.25) is 0 Å². The van der Waals surface area contributed by atoms with E-state index in [1.54, 1.807) is 0 Å². The van der Waals surface area contributed by atoms with E-state index >= 15 is 0 Å². The van der Waals surface area contributed by atoms with Gasteiger partial charge in [-0.3, -0.25) is 4.79 Å². The molecule has 0 unspecified atom stereocenters. The minimum Gasteiger partial charge on any atom is -0.308 e. The molecule has 1 aromatic heterocycles. The summed E-state index contributed by atoms with van der Waals surface area (Å²) >= 11 is 0. The number of aromatic nitrogens is 1. The first-order chi connectivity index (χ1) is 11.3. The van der Waals surface area contributed by atoms with Crippen molar-refractivity contribution in [3.05, 3.63) is 81.6 Å². The molecular weight excluding hydrogens is 284 g/mol. The Balaban J connectivity index is 1.63. The zero-order valence-electron chi connectivity index (χ0n) is 13.1. The summed E-state index contributed by atoms with van der Waals surface area (Å²) in [6.07, 6.45) is 2.12. The molecule has 1 N–H and O–H groups in total. The molecule has 0 radical (unpaired) electrons. The first-order valence-corrected chi connectivity index (χ1v) is 8.22. The van der Waals surface area contributed by atoms with Crippen LogP contribution in [-0.4, -0.2) is 4.57 Å². The van der Waals surface area contributed by atoms with Crippen LogP contribution in [0.5, 0.6) is 0 Å². The molecule has 0 spiro atoms. The third kappa shape index (κ3) is 2.68. The summed E-state index contributed by atoms with van der Waals surface area (Å²) in [5, 5.41) is 4.57. The van der Waals surface area contributed by atoms with Crippen LogP contribution in [-0.2, 0) is 26.1 Å². The fraction of sp³-hybridized carbons (Fsp3) is 0.250. The monoisotopic (exact) mass is 304 g/mol. The number of nitrogens with one attached hydrogen (secondary N) is 1. The summed E-state index contributed by atoms with van der Waals surface area (Å²) in [4.78, 5) is 12.8. The maximum atomic E-state index is 12.8. The maximum Gasteiger partial charge on any atom is 0.255 e. The number of aryl methyl sites for hydroxylation is 2. The van der Waals surface area contributed by atoms with Crippen molar-refractivity contribution in [2.45, 2.75) is 32.5 Å². The first-order valence-electron chi connectivity index (χ1n) is 8.22. The van der Waals surface area contributed by atoms with Crippen LogP contribution in [0.15, 0.2) is 59.4 Å². The summed E-state index contributed by atoms with van der Waals surface area (Å²) in [6, 6.07) is 18.7. The molecule has 1 aliphatic rings. The van der Waals surface area contributed by atoms with Gasteiger partial charge in [-0.25, -0.2) is 0 Å². The molecule has 0 atom stereocenters. The van der Waals surface area contributed by atoms with E-state index in [0.29, 0.717) is 6.54 Å². The van der Waals surface area contributed by atoms with Gasteiger partial charge in [-0.1, -0.05) is 48.5 Å². The Morgan fingerprint density at radius 1 is 1.00 bits per heavy atom. The zero-order chi connectivity index (χ0) is 15.6. The maximum absolute atomic E-state index is 12.8. The minimum atomic E-state index is 0.158. The lowest BCUT2D eigenvalue weighted by Gasteiger charge is -2.20. The van der Waals surface area contributed by atoms with Crippen molar-refractivity contribution in [2.75, 3.05) is 0 Å². The molecule has 3 nitrogen and oxygen atoms in total. The molecule has 23 heavy (non-hydrogen) atoms. The molecule has 0 bridgehead atoms. The average Bonchev–Trinajstić information content (AvgIpc) is 2.60. The highest BCUT2D eigenvalue weighted by Gasteiger charge is 2.15. The molecule has 0 fully saturated rings. The Hall–Kier alpha value is -2.39. The van der Waals surface area contributed by atoms with E-state index in [0.717, 1.165) is 37.0 Å². The van der Waals surface area contributed by atoms with Crippen molar-refractivity contribution in [3.8, 4) is 0 Å². The van der Waals surface area contributed by atoms with Crippen LogP contribution < -0.4 is 10.9 Å². The van der Waals surface area contributed by atoms with E-state index < -0.39 is 0 Å². The van der Waals surface area contributed by atoms with Gasteiger partial charge in [0.25, 0.3) is 5.56 Å². The van der Waals surface area contributed by atoms with E-state index in [-0.39, 0.29) is 5.56 Å². The minimum absolute atomic E-state index is 0.158. The van der Waals surface area contributed by atoms with E-state index in [1.807, 2.05) is 22.8 Å². The normalized spacial score (nSPS) is 13.4. The molecular formula is C20H20N2O. The summed E-state index contributed by atoms with van der Waals surface area (Å²) < 4.78 is 1.97. The quantitative estimate of drug-likeness (QED) is 0.803. The van der Waals surface area contributed by atoms with E-state index in [1.165, 1.54) is 16.5 Å². The lowest BCUT2D eigenvalue weighted by molar-refractivity contribution is 0.603. The Labute approximate surface area is 135 Å². The molecule has 116 valence electrons. The Morgan fingerprint density at radius 2 is 1.87 bits per heavy atom. The number of rotatable bonds is 4. The van der Waals surface area contributed by atoms with Crippen molar-refractivity contribution < 1.29 is 0 Å². The number of nitrogens with zero attached hydrogens (tertiary/aromatic N) is 1. The lowest BCUT2D eigenvalue weighted by Crippen LogP contribution is -2.29. The second kappa shape index (κ2) is 6.01. The summed E-state index contributed by atoms with van der Waals surface area (Å²) in [7, 11) is 0. The molecule has 0 saturated heterocycles.